The van der Waals surface area contributed by atoms with Gasteiger partial charge in [-0.2, -0.15) is 4.98 Å². The average Bonchev–Trinajstić information content (AvgIpc) is 2.24. The van der Waals surface area contributed by atoms with Crippen LogP contribution in [0.3, 0.4) is 0 Å². The van der Waals surface area contributed by atoms with Crippen LogP contribution in [-0.2, 0) is 0 Å². The highest BCUT2D eigenvalue weighted by atomic mass is 16.5. The van der Waals surface area contributed by atoms with Gasteiger partial charge in [0.2, 0.25) is 5.75 Å². The van der Waals surface area contributed by atoms with Crippen molar-refractivity contribution in [1.29, 1.82) is 0 Å². The fourth-order valence-corrected chi connectivity index (χ4v) is 1.21. The number of nitrogens with two attached hydrogens (primary N) is 1. The van der Waals surface area contributed by atoms with Gasteiger partial charge < -0.3 is 20.1 Å². The Balaban J connectivity index is 2.50. The van der Waals surface area contributed by atoms with E-state index in [2.05, 4.69) is 14.9 Å². The molecule has 0 saturated carbocycles. The molecule has 0 aliphatic heterocycles. The first-order valence-corrected chi connectivity index (χ1v) is 5.07. The number of ether oxygens (including phenoxy) is 2. The van der Waals surface area contributed by atoms with Gasteiger partial charge in [-0.1, -0.05) is 0 Å². The van der Waals surface area contributed by atoms with Crippen molar-refractivity contribution in [3.8, 4) is 11.6 Å². The van der Waals surface area contributed by atoms with Crippen LogP contribution < -0.4 is 15.2 Å². The Morgan fingerprint density at radius 2 is 2.12 bits per heavy atom. The second-order valence-corrected chi connectivity index (χ2v) is 3.60. The van der Waals surface area contributed by atoms with Crippen LogP contribution in [0.2, 0.25) is 0 Å². The van der Waals surface area contributed by atoms with E-state index < -0.39 is 0 Å². The zero-order valence-corrected chi connectivity index (χ0v) is 9.93. The summed E-state index contributed by atoms with van der Waals surface area (Å²) in [4.78, 5) is 9.89. The summed E-state index contributed by atoms with van der Waals surface area (Å²) in [6.45, 7) is 1.54. The van der Waals surface area contributed by atoms with Crippen LogP contribution in [0, 0.1) is 0 Å². The Morgan fingerprint density at radius 1 is 1.38 bits per heavy atom. The molecule has 1 heterocycles. The van der Waals surface area contributed by atoms with Crippen molar-refractivity contribution in [3.05, 3.63) is 6.33 Å². The maximum Gasteiger partial charge on any atom is 0.262 e. The van der Waals surface area contributed by atoms with Crippen molar-refractivity contribution in [1.82, 2.24) is 14.9 Å². The monoisotopic (exact) mass is 226 g/mol. The van der Waals surface area contributed by atoms with Gasteiger partial charge in [-0.3, -0.25) is 0 Å². The fourth-order valence-electron chi connectivity index (χ4n) is 1.21. The molecule has 1 aromatic rings. The largest absolute Gasteiger partial charge is 0.489 e. The molecule has 0 aliphatic carbocycles. The predicted octanol–water partition coefficient (Wildman–Crippen LogP) is 0.398. The molecule has 0 amide bonds. The second kappa shape index (κ2) is 6.12. The van der Waals surface area contributed by atoms with Crippen LogP contribution in [0.4, 0.5) is 5.82 Å². The van der Waals surface area contributed by atoms with Crippen LogP contribution in [0.15, 0.2) is 6.33 Å². The normalized spacial score (nSPS) is 10.5. The SMILES string of the molecule is COc1c(N)ncnc1OCCCN(C)C. The van der Waals surface area contributed by atoms with Crippen LogP contribution >= 0.6 is 0 Å². The van der Waals surface area contributed by atoms with E-state index in [9.17, 15) is 0 Å². The van der Waals surface area contributed by atoms with E-state index in [-0.39, 0.29) is 0 Å². The van der Waals surface area contributed by atoms with Gasteiger partial charge in [-0.15, -0.1) is 0 Å². The number of nitrogen functional groups attached to an aromatic ring is 1. The maximum atomic E-state index is 5.62. The Morgan fingerprint density at radius 3 is 2.75 bits per heavy atom. The van der Waals surface area contributed by atoms with E-state index in [0.717, 1.165) is 13.0 Å². The third kappa shape index (κ3) is 3.54. The van der Waals surface area contributed by atoms with Crippen LogP contribution in [0.5, 0.6) is 11.6 Å². The Labute approximate surface area is 95.4 Å². The summed E-state index contributed by atoms with van der Waals surface area (Å²) in [6, 6.07) is 0. The highest BCUT2D eigenvalue weighted by Crippen LogP contribution is 2.28. The topological polar surface area (TPSA) is 73.5 Å². The molecule has 0 spiro atoms. The minimum Gasteiger partial charge on any atom is -0.489 e. The molecule has 0 aromatic carbocycles. The van der Waals surface area contributed by atoms with E-state index >= 15 is 0 Å². The van der Waals surface area contributed by atoms with E-state index in [4.69, 9.17) is 15.2 Å². The quantitative estimate of drug-likeness (QED) is 0.708. The number of nitrogens with zero attached hydrogens (tertiary/aromatic N) is 3. The van der Waals surface area contributed by atoms with Gasteiger partial charge in [0, 0.05) is 6.54 Å². The number of anilines is 1. The van der Waals surface area contributed by atoms with Gasteiger partial charge in [0.15, 0.2) is 5.82 Å². The molecule has 0 atom stereocenters. The summed E-state index contributed by atoms with van der Waals surface area (Å²) in [5, 5.41) is 0. The van der Waals surface area contributed by atoms with E-state index in [0.29, 0.717) is 24.1 Å². The molecule has 0 radical (unpaired) electrons. The Kier molecular flexibility index (Phi) is 4.78. The van der Waals surface area contributed by atoms with Gasteiger partial charge in [-0.25, -0.2) is 4.98 Å². The highest BCUT2D eigenvalue weighted by molar-refractivity contribution is 5.51. The molecule has 2 N–H and O–H groups in total. The lowest BCUT2D eigenvalue weighted by molar-refractivity contribution is 0.259. The summed E-state index contributed by atoms with van der Waals surface area (Å²) in [5.74, 6) is 1.08. The molecule has 6 heteroatoms. The Hall–Kier alpha value is -1.56. The van der Waals surface area contributed by atoms with E-state index in [1.807, 2.05) is 14.1 Å². The van der Waals surface area contributed by atoms with E-state index in [1.165, 1.54) is 13.4 Å². The fraction of sp³-hybridized carbons (Fsp3) is 0.600. The lowest BCUT2D eigenvalue weighted by Gasteiger charge is -2.12. The molecule has 0 aliphatic rings. The molecule has 16 heavy (non-hydrogen) atoms. The van der Waals surface area contributed by atoms with Crippen LogP contribution in [-0.4, -0.2) is 49.2 Å². The smallest absolute Gasteiger partial charge is 0.262 e. The molecule has 0 bridgehead atoms. The molecule has 0 saturated heterocycles. The number of hydrogen-bond donors (Lipinski definition) is 1. The third-order valence-electron chi connectivity index (χ3n) is 1.99. The number of methoxy groups -OCH3 is 1. The third-order valence-corrected chi connectivity index (χ3v) is 1.99. The zero-order valence-electron chi connectivity index (χ0n) is 9.93. The summed E-state index contributed by atoms with van der Waals surface area (Å²) >= 11 is 0. The predicted molar refractivity (Wildman–Crippen MR) is 61.7 cm³/mol. The van der Waals surface area contributed by atoms with Crippen molar-refractivity contribution in [2.45, 2.75) is 6.42 Å². The number of hydrogen-bond acceptors (Lipinski definition) is 6. The van der Waals surface area contributed by atoms with Crippen LogP contribution in [0.25, 0.3) is 0 Å². The maximum absolute atomic E-state index is 5.62. The van der Waals surface area contributed by atoms with Gasteiger partial charge in [-0.05, 0) is 20.5 Å². The van der Waals surface area contributed by atoms with E-state index in [1.54, 1.807) is 0 Å². The molecule has 1 rings (SSSR count). The molecular weight excluding hydrogens is 208 g/mol. The van der Waals surface area contributed by atoms with Crippen LogP contribution in [0.1, 0.15) is 6.42 Å². The van der Waals surface area contributed by atoms with Gasteiger partial charge in [0.25, 0.3) is 5.88 Å². The standard InChI is InChI=1S/C10H18N4O2/c1-14(2)5-4-6-16-10-8(15-3)9(11)12-7-13-10/h7H,4-6H2,1-3H3,(H2,11,12,13). The minimum absolute atomic E-state index is 0.292. The summed E-state index contributed by atoms with van der Waals surface area (Å²) < 4.78 is 10.5. The van der Waals surface area contributed by atoms with Crippen molar-refractivity contribution in [2.75, 3.05) is 40.1 Å². The number of aromatic nitrogens is 2. The lowest BCUT2D eigenvalue weighted by atomic mass is 10.4. The molecule has 1 aromatic heterocycles. The molecule has 0 fully saturated rings. The first kappa shape index (κ1) is 12.5. The van der Waals surface area contributed by atoms with Gasteiger partial charge in [0.05, 0.1) is 13.7 Å². The van der Waals surface area contributed by atoms with Gasteiger partial charge >= 0.3 is 0 Å². The second-order valence-electron chi connectivity index (χ2n) is 3.60. The summed E-state index contributed by atoms with van der Waals surface area (Å²) in [5.41, 5.74) is 5.62. The minimum atomic E-state index is 0.292. The van der Waals surface area contributed by atoms with Crippen molar-refractivity contribution >= 4 is 5.82 Å². The molecule has 90 valence electrons. The highest BCUT2D eigenvalue weighted by Gasteiger charge is 2.10. The first-order chi connectivity index (χ1) is 7.65. The summed E-state index contributed by atoms with van der Waals surface area (Å²) in [7, 11) is 5.55. The molecule has 0 unspecified atom stereocenters. The van der Waals surface area contributed by atoms with Gasteiger partial charge in [0.1, 0.15) is 6.33 Å². The Bertz CT molecular complexity index is 331. The summed E-state index contributed by atoms with van der Waals surface area (Å²) in [6.07, 6.45) is 2.28. The van der Waals surface area contributed by atoms with Crippen molar-refractivity contribution < 1.29 is 9.47 Å². The van der Waals surface area contributed by atoms with Crippen molar-refractivity contribution in [2.24, 2.45) is 0 Å². The zero-order chi connectivity index (χ0) is 12.0. The first-order valence-electron chi connectivity index (χ1n) is 5.07. The average molecular weight is 226 g/mol. The number of rotatable bonds is 6. The molecular formula is C10H18N4O2. The molecule has 6 nitrogen and oxygen atoms in total. The van der Waals surface area contributed by atoms with Crippen molar-refractivity contribution in [3.63, 3.8) is 0 Å². The lowest BCUT2D eigenvalue weighted by Crippen LogP contribution is -2.16.